The lowest BCUT2D eigenvalue weighted by Gasteiger charge is -2.21. The SMILES string of the molecule is CC(C)C(CCNC(=O)CN1CCCC1=O)CCC(=O)O. The van der Waals surface area contributed by atoms with Crippen LogP contribution in [-0.2, 0) is 14.4 Å². The molecule has 1 heterocycles. The molecule has 0 radical (unpaired) electrons. The average molecular weight is 298 g/mol. The van der Waals surface area contributed by atoms with E-state index in [0.717, 1.165) is 12.8 Å². The molecule has 0 aliphatic carbocycles. The number of amides is 2. The van der Waals surface area contributed by atoms with Crippen LogP contribution in [-0.4, -0.2) is 47.4 Å². The van der Waals surface area contributed by atoms with Crippen molar-refractivity contribution in [1.82, 2.24) is 10.2 Å². The monoisotopic (exact) mass is 298 g/mol. The highest BCUT2D eigenvalue weighted by Gasteiger charge is 2.22. The van der Waals surface area contributed by atoms with Crippen molar-refractivity contribution in [2.75, 3.05) is 19.6 Å². The summed E-state index contributed by atoms with van der Waals surface area (Å²) in [5, 5.41) is 11.6. The molecule has 0 saturated carbocycles. The van der Waals surface area contributed by atoms with Crippen LogP contribution >= 0.6 is 0 Å². The first-order valence-electron chi connectivity index (χ1n) is 7.66. The molecule has 1 rings (SSSR count). The molecule has 0 aromatic carbocycles. The van der Waals surface area contributed by atoms with Gasteiger partial charge in [0.15, 0.2) is 0 Å². The second-order valence-corrected chi connectivity index (χ2v) is 5.99. The van der Waals surface area contributed by atoms with Crippen molar-refractivity contribution in [3.05, 3.63) is 0 Å². The molecule has 0 aromatic heterocycles. The Labute approximate surface area is 125 Å². The summed E-state index contributed by atoms with van der Waals surface area (Å²) >= 11 is 0. The third kappa shape index (κ3) is 6.60. The van der Waals surface area contributed by atoms with Crippen molar-refractivity contribution in [3.8, 4) is 0 Å². The zero-order chi connectivity index (χ0) is 15.8. The molecule has 0 aromatic rings. The van der Waals surface area contributed by atoms with E-state index >= 15 is 0 Å². The zero-order valence-corrected chi connectivity index (χ0v) is 12.9. The lowest BCUT2D eigenvalue weighted by Crippen LogP contribution is -2.38. The Bertz CT molecular complexity index is 382. The van der Waals surface area contributed by atoms with E-state index < -0.39 is 5.97 Å². The molecule has 1 unspecified atom stereocenters. The quantitative estimate of drug-likeness (QED) is 0.671. The largest absolute Gasteiger partial charge is 0.481 e. The molecule has 1 aliphatic heterocycles. The van der Waals surface area contributed by atoms with Crippen LogP contribution in [0.15, 0.2) is 0 Å². The number of carbonyl (C=O) groups is 3. The molecule has 6 heteroatoms. The number of carboxylic acid groups (broad SMARTS) is 1. The van der Waals surface area contributed by atoms with Gasteiger partial charge in [-0.2, -0.15) is 0 Å². The molecular formula is C15H26N2O4. The minimum atomic E-state index is -0.780. The highest BCUT2D eigenvalue weighted by molar-refractivity contribution is 5.85. The van der Waals surface area contributed by atoms with E-state index in [-0.39, 0.29) is 30.7 Å². The number of likely N-dealkylation sites (tertiary alicyclic amines) is 1. The summed E-state index contributed by atoms with van der Waals surface area (Å²) < 4.78 is 0. The van der Waals surface area contributed by atoms with Crippen LogP contribution < -0.4 is 5.32 Å². The van der Waals surface area contributed by atoms with Crippen LogP contribution in [0.2, 0.25) is 0 Å². The van der Waals surface area contributed by atoms with E-state index in [1.54, 1.807) is 4.90 Å². The van der Waals surface area contributed by atoms with Crippen molar-refractivity contribution in [2.24, 2.45) is 11.8 Å². The number of carboxylic acids is 1. The van der Waals surface area contributed by atoms with E-state index in [1.165, 1.54) is 0 Å². The fraction of sp³-hybridized carbons (Fsp3) is 0.800. The van der Waals surface area contributed by atoms with Gasteiger partial charge >= 0.3 is 5.97 Å². The summed E-state index contributed by atoms with van der Waals surface area (Å²) in [6, 6.07) is 0. The summed E-state index contributed by atoms with van der Waals surface area (Å²) in [4.78, 5) is 35.4. The number of hydrogen-bond acceptors (Lipinski definition) is 3. The maximum absolute atomic E-state index is 11.8. The number of carbonyl (C=O) groups excluding carboxylic acids is 2. The van der Waals surface area contributed by atoms with Crippen LogP contribution in [0.4, 0.5) is 0 Å². The molecule has 1 fully saturated rings. The molecule has 1 atom stereocenters. The zero-order valence-electron chi connectivity index (χ0n) is 12.9. The van der Waals surface area contributed by atoms with Crippen LogP contribution in [0.3, 0.4) is 0 Å². The Morgan fingerprint density at radius 1 is 1.33 bits per heavy atom. The predicted molar refractivity (Wildman–Crippen MR) is 78.6 cm³/mol. The Balaban J connectivity index is 2.24. The lowest BCUT2D eigenvalue weighted by atomic mass is 9.88. The van der Waals surface area contributed by atoms with Gasteiger partial charge in [-0.05, 0) is 31.1 Å². The number of aliphatic carboxylic acids is 1. The van der Waals surface area contributed by atoms with Crippen LogP contribution in [0.5, 0.6) is 0 Å². The molecule has 0 spiro atoms. The van der Waals surface area contributed by atoms with E-state index in [9.17, 15) is 14.4 Å². The van der Waals surface area contributed by atoms with E-state index in [0.29, 0.717) is 31.8 Å². The van der Waals surface area contributed by atoms with Crippen LogP contribution in [0.25, 0.3) is 0 Å². The van der Waals surface area contributed by atoms with E-state index in [4.69, 9.17) is 5.11 Å². The fourth-order valence-corrected chi connectivity index (χ4v) is 2.62. The number of rotatable bonds is 9. The third-order valence-corrected chi connectivity index (χ3v) is 4.01. The maximum atomic E-state index is 11.8. The standard InChI is InChI=1S/C15H26N2O4/c1-11(2)12(5-6-15(20)21)7-8-16-13(18)10-17-9-3-4-14(17)19/h11-12H,3-10H2,1-2H3,(H,16,18)(H,20,21). The van der Waals surface area contributed by atoms with Crippen LogP contribution in [0.1, 0.15) is 46.0 Å². The Kier molecular flexibility index (Phi) is 7.19. The third-order valence-electron chi connectivity index (χ3n) is 4.01. The van der Waals surface area contributed by atoms with Crippen molar-refractivity contribution in [3.63, 3.8) is 0 Å². The molecule has 120 valence electrons. The highest BCUT2D eigenvalue weighted by Crippen LogP contribution is 2.20. The summed E-state index contributed by atoms with van der Waals surface area (Å²) in [5.41, 5.74) is 0. The second kappa shape index (κ2) is 8.64. The van der Waals surface area contributed by atoms with Gasteiger partial charge in [0.1, 0.15) is 0 Å². The van der Waals surface area contributed by atoms with Gasteiger partial charge in [-0.15, -0.1) is 0 Å². The Morgan fingerprint density at radius 3 is 2.57 bits per heavy atom. The molecule has 0 bridgehead atoms. The van der Waals surface area contributed by atoms with Gasteiger partial charge in [0.05, 0.1) is 6.54 Å². The second-order valence-electron chi connectivity index (χ2n) is 5.99. The predicted octanol–water partition coefficient (Wildman–Crippen LogP) is 1.25. The van der Waals surface area contributed by atoms with Gasteiger partial charge in [0.2, 0.25) is 11.8 Å². The number of nitrogens with zero attached hydrogens (tertiary/aromatic N) is 1. The molecule has 6 nitrogen and oxygen atoms in total. The van der Waals surface area contributed by atoms with E-state index in [2.05, 4.69) is 19.2 Å². The molecule has 2 N–H and O–H groups in total. The van der Waals surface area contributed by atoms with Gasteiger partial charge in [0.25, 0.3) is 0 Å². The van der Waals surface area contributed by atoms with Crippen molar-refractivity contribution < 1.29 is 19.5 Å². The average Bonchev–Trinajstić information content (AvgIpc) is 2.78. The maximum Gasteiger partial charge on any atom is 0.303 e. The minimum Gasteiger partial charge on any atom is -0.481 e. The number of nitrogens with one attached hydrogen (secondary N) is 1. The molecule has 21 heavy (non-hydrogen) atoms. The topological polar surface area (TPSA) is 86.7 Å². The lowest BCUT2D eigenvalue weighted by molar-refractivity contribution is -0.137. The summed E-state index contributed by atoms with van der Waals surface area (Å²) in [6.07, 6.45) is 2.94. The first-order valence-corrected chi connectivity index (χ1v) is 7.66. The molecule has 2 amide bonds. The van der Waals surface area contributed by atoms with Gasteiger partial charge in [-0.1, -0.05) is 13.8 Å². The fourth-order valence-electron chi connectivity index (χ4n) is 2.62. The number of hydrogen-bond donors (Lipinski definition) is 2. The van der Waals surface area contributed by atoms with Gasteiger partial charge in [-0.3, -0.25) is 14.4 Å². The molecule has 1 saturated heterocycles. The first-order chi connectivity index (χ1) is 9.90. The molecule has 1 aliphatic rings. The van der Waals surface area contributed by atoms with Crippen molar-refractivity contribution in [2.45, 2.75) is 46.0 Å². The first kappa shape index (κ1) is 17.5. The van der Waals surface area contributed by atoms with E-state index in [1.807, 2.05) is 0 Å². The normalized spacial score (nSPS) is 16.3. The van der Waals surface area contributed by atoms with Crippen molar-refractivity contribution >= 4 is 17.8 Å². The summed E-state index contributed by atoms with van der Waals surface area (Å²) in [6.45, 7) is 5.47. The Morgan fingerprint density at radius 2 is 2.05 bits per heavy atom. The summed E-state index contributed by atoms with van der Waals surface area (Å²) in [7, 11) is 0. The van der Waals surface area contributed by atoms with Gasteiger partial charge < -0.3 is 15.3 Å². The van der Waals surface area contributed by atoms with Crippen LogP contribution in [0, 0.1) is 11.8 Å². The van der Waals surface area contributed by atoms with Gasteiger partial charge in [-0.25, -0.2) is 0 Å². The Hall–Kier alpha value is -1.59. The minimum absolute atomic E-state index is 0.0478. The highest BCUT2D eigenvalue weighted by atomic mass is 16.4. The summed E-state index contributed by atoms with van der Waals surface area (Å²) in [5.74, 6) is -0.189. The van der Waals surface area contributed by atoms with Gasteiger partial charge in [0, 0.05) is 25.9 Å². The molecular weight excluding hydrogens is 272 g/mol. The van der Waals surface area contributed by atoms with Crippen molar-refractivity contribution in [1.29, 1.82) is 0 Å². The smallest absolute Gasteiger partial charge is 0.303 e.